The Balaban J connectivity index is 1.59. The summed E-state index contributed by atoms with van der Waals surface area (Å²) in [6.07, 6.45) is 6.07. The monoisotopic (exact) mass is 478 g/mol. The molecular weight excluding hydrogens is 447 g/mol. The van der Waals surface area contributed by atoms with Crippen molar-refractivity contribution in [3.05, 3.63) is 47.9 Å². The number of carbonyl (C=O) groups is 2. The van der Waals surface area contributed by atoms with Crippen LogP contribution in [0.5, 0.6) is 0 Å². The fraction of sp³-hybridized carbons (Fsp3) is 0.522. The van der Waals surface area contributed by atoms with Crippen LogP contribution in [-0.4, -0.2) is 44.9 Å². The summed E-state index contributed by atoms with van der Waals surface area (Å²) < 4.78 is 18.7. The van der Waals surface area contributed by atoms with Gasteiger partial charge in [0, 0.05) is 11.5 Å². The predicted octanol–water partition coefficient (Wildman–Crippen LogP) is 3.80. The second kappa shape index (κ2) is 11.0. The summed E-state index contributed by atoms with van der Waals surface area (Å²) in [6.45, 7) is 2.16. The van der Waals surface area contributed by atoms with Gasteiger partial charge in [0.15, 0.2) is 0 Å². The largest absolute Gasteiger partial charge is 0.449 e. The van der Waals surface area contributed by atoms with E-state index in [0.29, 0.717) is 25.1 Å². The average Bonchev–Trinajstić information content (AvgIpc) is 3.27. The van der Waals surface area contributed by atoms with Crippen molar-refractivity contribution in [1.29, 1.82) is 0 Å². The van der Waals surface area contributed by atoms with Crippen LogP contribution in [0.25, 0.3) is 0 Å². The third-order valence-electron chi connectivity index (χ3n) is 6.12. The van der Waals surface area contributed by atoms with E-state index in [0.717, 1.165) is 31.2 Å². The number of aromatic nitrogens is 2. The summed E-state index contributed by atoms with van der Waals surface area (Å²) in [5.41, 5.74) is 0.796. The minimum absolute atomic E-state index is 0.191. The number of benzene rings is 1. The van der Waals surface area contributed by atoms with Gasteiger partial charge in [-0.05, 0) is 43.4 Å². The molecule has 0 spiro atoms. The second-order valence-corrected chi connectivity index (χ2v) is 9.40. The van der Waals surface area contributed by atoms with Crippen LogP contribution in [0, 0.1) is 11.2 Å². The van der Waals surface area contributed by atoms with Crippen molar-refractivity contribution < 1.29 is 23.8 Å². The van der Waals surface area contributed by atoms with Crippen molar-refractivity contribution in [2.75, 3.05) is 11.9 Å². The number of nitrogens with one attached hydrogen (secondary N) is 3. The Kier molecular flexibility index (Phi) is 8.36. The van der Waals surface area contributed by atoms with Crippen LogP contribution in [0.3, 0.4) is 0 Å². The van der Waals surface area contributed by atoms with Gasteiger partial charge in [-0.3, -0.25) is 9.89 Å². The molecule has 1 aromatic heterocycles. The molecule has 0 radical (unpaired) electrons. The van der Waals surface area contributed by atoms with Gasteiger partial charge in [-0.1, -0.05) is 38.3 Å². The molecule has 1 saturated carbocycles. The zero-order valence-corrected chi connectivity index (χ0v) is 19.5. The highest BCUT2D eigenvalue weighted by Gasteiger charge is 2.43. The van der Waals surface area contributed by atoms with Crippen LogP contribution in [0.15, 0.2) is 36.5 Å². The van der Waals surface area contributed by atoms with E-state index in [1.807, 2.05) is 6.92 Å². The van der Waals surface area contributed by atoms with Crippen molar-refractivity contribution in [1.82, 2.24) is 15.5 Å². The molecule has 0 saturated heterocycles. The molecule has 0 unspecified atom stereocenters. The summed E-state index contributed by atoms with van der Waals surface area (Å²) in [5.74, 6) is -0.772. The molecule has 1 aliphatic rings. The minimum Gasteiger partial charge on any atom is -0.449 e. The van der Waals surface area contributed by atoms with Crippen LogP contribution in [0.1, 0.15) is 51.0 Å². The van der Waals surface area contributed by atoms with E-state index in [-0.39, 0.29) is 17.8 Å². The normalized spacial score (nSPS) is 17.3. The molecule has 1 aromatic carbocycles. The van der Waals surface area contributed by atoms with Crippen molar-refractivity contribution in [3.8, 4) is 0 Å². The number of H-pyrrole nitrogens is 1. The Hall–Kier alpha value is -2.59. The summed E-state index contributed by atoms with van der Waals surface area (Å²) in [4.78, 5) is 23.1. The SMILES string of the molecule is CCCC[C@H](NC(=O)OCC1(Cc2ccc(F)cc2)CCC1)[C@@](O)(S)C(=O)Nc1ccn[nH]1. The molecule has 2 atom stereocenters. The summed E-state index contributed by atoms with van der Waals surface area (Å²) in [7, 11) is 0. The zero-order chi connectivity index (χ0) is 23.9. The van der Waals surface area contributed by atoms with Crippen LogP contribution in [-0.2, 0) is 16.0 Å². The minimum atomic E-state index is -2.17. The molecule has 8 nitrogen and oxygen atoms in total. The van der Waals surface area contributed by atoms with Gasteiger partial charge in [0.1, 0.15) is 11.6 Å². The summed E-state index contributed by atoms with van der Waals surface area (Å²) in [5, 5.41) is 22.3. The zero-order valence-electron chi connectivity index (χ0n) is 18.6. The Morgan fingerprint density at radius 1 is 1.33 bits per heavy atom. The average molecular weight is 479 g/mol. The van der Waals surface area contributed by atoms with Gasteiger partial charge in [-0.25, -0.2) is 9.18 Å². The Labute approximate surface area is 198 Å². The highest BCUT2D eigenvalue weighted by atomic mass is 32.1. The molecule has 10 heteroatoms. The third kappa shape index (κ3) is 6.70. The van der Waals surface area contributed by atoms with Crippen molar-refractivity contribution in [2.45, 2.75) is 62.8 Å². The number of nitrogens with zero attached hydrogens (tertiary/aromatic N) is 1. The summed E-state index contributed by atoms with van der Waals surface area (Å²) >= 11 is 4.17. The lowest BCUT2D eigenvalue weighted by atomic mass is 9.66. The first-order chi connectivity index (χ1) is 15.7. The van der Waals surface area contributed by atoms with E-state index < -0.39 is 23.0 Å². The summed E-state index contributed by atoms with van der Waals surface area (Å²) in [6, 6.07) is 6.91. The number of anilines is 1. The molecule has 3 rings (SSSR count). The van der Waals surface area contributed by atoms with Gasteiger partial charge in [0.25, 0.3) is 5.91 Å². The van der Waals surface area contributed by atoms with Crippen molar-refractivity contribution >= 4 is 30.4 Å². The molecule has 2 aromatic rings. The molecule has 0 aliphatic heterocycles. The Bertz CT molecular complexity index is 917. The van der Waals surface area contributed by atoms with Gasteiger partial charge in [0.05, 0.1) is 18.8 Å². The topological polar surface area (TPSA) is 116 Å². The number of aromatic amines is 1. The fourth-order valence-corrected chi connectivity index (χ4v) is 4.22. The first kappa shape index (κ1) is 25.0. The third-order valence-corrected chi connectivity index (χ3v) is 6.64. The lowest BCUT2D eigenvalue weighted by molar-refractivity contribution is -0.128. The van der Waals surface area contributed by atoms with E-state index in [1.54, 1.807) is 12.1 Å². The fourth-order valence-electron chi connectivity index (χ4n) is 3.97. The quantitative estimate of drug-likeness (QED) is 0.249. The van der Waals surface area contributed by atoms with E-state index in [9.17, 15) is 19.1 Å². The van der Waals surface area contributed by atoms with E-state index in [4.69, 9.17) is 4.74 Å². The number of alkyl carbamates (subject to hydrolysis) is 1. The van der Waals surface area contributed by atoms with Crippen molar-refractivity contribution in [2.24, 2.45) is 5.41 Å². The lowest BCUT2D eigenvalue weighted by Crippen LogP contribution is -2.56. The Morgan fingerprint density at radius 3 is 2.64 bits per heavy atom. The molecule has 180 valence electrons. The number of carbonyl (C=O) groups excluding carboxylic acids is 2. The maximum absolute atomic E-state index is 13.2. The molecule has 1 aliphatic carbocycles. The number of aliphatic hydroxyl groups is 1. The second-order valence-electron chi connectivity index (χ2n) is 8.72. The first-order valence-corrected chi connectivity index (χ1v) is 11.6. The smallest absolute Gasteiger partial charge is 0.407 e. The first-order valence-electron chi connectivity index (χ1n) is 11.2. The number of hydrogen-bond donors (Lipinski definition) is 5. The van der Waals surface area contributed by atoms with Gasteiger partial charge >= 0.3 is 6.09 Å². The number of halogens is 1. The molecule has 0 bridgehead atoms. The molecule has 2 amide bonds. The maximum atomic E-state index is 13.2. The van der Waals surface area contributed by atoms with Crippen LogP contribution in [0.4, 0.5) is 15.0 Å². The van der Waals surface area contributed by atoms with Gasteiger partial charge < -0.3 is 20.5 Å². The van der Waals surface area contributed by atoms with Gasteiger partial charge in [-0.15, -0.1) is 12.6 Å². The molecule has 33 heavy (non-hydrogen) atoms. The number of thiol groups is 1. The van der Waals surface area contributed by atoms with E-state index in [2.05, 4.69) is 33.5 Å². The molecule has 1 heterocycles. The molecule has 4 N–H and O–H groups in total. The van der Waals surface area contributed by atoms with Crippen molar-refractivity contribution in [3.63, 3.8) is 0 Å². The predicted molar refractivity (Wildman–Crippen MR) is 125 cm³/mol. The number of hydrogen-bond acceptors (Lipinski definition) is 6. The van der Waals surface area contributed by atoms with E-state index >= 15 is 0 Å². The standard InChI is InChI=1S/C23H31FN4O4S/c1-2-3-5-18(23(31,33)20(29)27-19-10-13-25-28-19)26-21(30)32-15-22(11-4-12-22)14-16-6-8-17(24)9-7-16/h6-10,13,18,31,33H,2-5,11-12,14-15H2,1H3,(H,26,30)(H2,25,27,28,29)/t18-,23+/m0/s1. The van der Waals surface area contributed by atoms with Crippen LogP contribution < -0.4 is 10.6 Å². The van der Waals surface area contributed by atoms with Gasteiger partial charge in [0.2, 0.25) is 4.93 Å². The molecule has 1 fully saturated rings. The number of ether oxygens (including phenoxy) is 1. The Morgan fingerprint density at radius 2 is 2.06 bits per heavy atom. The van der Waals surface area contributed by atoms with Crippen LogP contribution in [0.2, 0.25) is 0 Å². The van der Waals surface area contributed by atoms with Gasteiger partial charge in [-0.2, -0.15) is 5.10 Å². The lowest BCUT2D eigenvalue weighted by Gasteiger charge is -2.41. The highest BCUT2D eigenvalue weighted by Crippen LogP contribution is 2.44. The maximum Gasteiger partial charge on any atom is 0.407 e. The van der Waals surface area contributed by atoms with E-state index in [1.165, 1.54) is 24.4 Å². The molecular formula is C23H31FN4O4S. The number of amides is 2. The number of rotatable bonds is 11. The van der Waals surface area contributed by atoms with Crippen LogP contribution >= 0.6 is 12.6 Å². The highest BCUT2D eigenvalue weighted by molar-refractivity contribution is 7.82. The number of unbranched alkanes of at least 4 members (excludes halogenated alkanes) is 1.